The Hall–Kier alpha value is -1.38. The first-order chi connectivity index (χ1) is 11.5. The molecule has 0 saturated heterocycles. The molecule has 0 aliphatic rings. The number of carbonyl (C=O) groups is 1. The maximum absolute atomic E-state index is 11.6. The quantitative estimate of drug-likeness (QED) is 0.345. The van der Waals surface area contributed by atoms with Crippen molar-refractivity contribution in [1.29, 1.82) is 0 Å². The molecule has 0 saturated carbocycles. The lowest BCUT2D eigenvalue weighted by molar-refractivity contribution is -0.113. The maximum atomic E-state index is 11.6. The van der Waals surface area contributed by atoms with Gasteiger partial charge in [-0.1, -0.05) is 53.7 Å². The molecule has 0 bridgehead atoms. The zero-order valence-corrected chi connectivity index (χ0v) is 18.0. The number of Topliss-reactive ketones (excluding diaryl/α,β-unsaturated/α-hetero) is 1. The van der Waals surface area contributed by atoms with Gasteiger partial charge in [0.1, 0.15) is 5.70 Å². The van der Waals surface area contributed by atoms with E-state index < -0.39 is 0 Å². The summed E-state index contributed by atoms with van der Waals surface area (Å²) in [6.07, 6.45) is 5.03. The van der Waals surface area contributed by atoms with Crippen molar-refractivity contribution in [3.63, 3.8) is 0 Å². The molecule has 0 aromatic rings. The van der Waals surface area contributed by atoms with E-state index in [0.717, 1.165) is 18.6 Å². The number of carbonyl (C=O) groups excluding carboxylic acids is 1. The highest BCUT2D eigenvalue weighted by Crippen LogP contribution is 2.25. The highest BCUT2D eigenvalue weighted by Gasteiger charge is 2.24. The van der Waals surface area contributed by atoms with Crippen molar-refractivity contribution in [3.05, 3.63) is 24.0 Å². The SMILES string of the molecule is C=C(CC(C)CC)N(C)C(CC(C)/C(C)=N/C(=C\C)C(C)=O)C(C)C. The number of nitrogens with zero attached hydrogens (tertiary/aromatic N) is 2. The molecule has 3 heteroatoms. The van der Waals surface area contributed by atoms with Crippen molar-refractivity contribution in [1.82, 2.24) is 4.90 Å². The maximum Gasteiger partial charge on any atom is 0.177 e. The molecule has 0 heterocycles. The van der Waals surface area contributed by atoms with Gasteiger partial charge in [0.05, 0.1) is 0 Å². The van der Waals surface area contributed by atoms with Crippen LogP contribution in [0.3, 0.4) is 0 Å². The Morgan fingerprint density at radius 2 is 1.76 bits per heavy atom. The standard InChI is InChI=1S/C22H40N2O/c1-11-16(5)13-18(7)24(10)22(15(3)4)14-17(6)19(8)23-21(12-2)20(9)25/h12,15-17,22H,7,11,13-14H2,1-6,8-10H3/b21-12-,23-19+. The molecule has 0 fully saturated rings. The summed E-state index contributed by atoms with van der Waals surface area (Å²) >= 11 is 0. The Morgan fingerprint density at radius 1 is 1.20 bits per heavy atom. The zero-order chi connectivity index (χ0) is 19.7. The molecule has 0 aliphatic heterocycles. The lowest BCUT2D eigenvalue weighted by Crippen LogP contribution is -2.37. The van der Waals surface area contributed by atoms with E-state index in [1.54, 1.807) is 13.0 Å². The third-order valence-corrected chi connectivity index (χ3v) is 5.29. The van der Waals surface area contributed by atoms with Crippen LogP contribution < -0.4 is 0 Å². The summed E-state index contributed by atoms with van der Waals surface area (Å²) in [4.78, 5) is 18.5. The van der Waals surface area contributed by atoms with Crippen LogP contribution in [-0.4, -0.2) is 29.5 Å². The summed E-state index contributed by atoms with van der Waals surface area (Å²) in [5.74, 6) is 1.54. The van der Waals surface area contributed by atoms with E-state index in [9.17, 15) is 4.79 Å². The minimum absolute atomic E-state index is 0.0218. The highest BCUT2D eigenvalue weighted by molar-refractivity contribution is 5.97. The van der Waals surface area contributed by atoms with E-state index >= 15 is 0 Å². The molecule has 3 nitrogen and oxygen atoms in total. The van der Waals surface area contributed by atoms with Gasteiger partial charge < -0.3 is 4.90 Å². The van der Waals surface area contributed by atoms with Crippen LogP contribution in [0.4, 0.5) is 0 Å². The zero-order valence-electron chi connectivity index (χ0n) is 18.0. The van der Waals surface area contributed by atoms with Crippen LogP contribution in [0, 0.1) is 17.8 Å². The Balaban J connectivity index is 5.16. The summed E-state index contributed by atoms with van der Waals surface area (Å²) in [6, 6.07) is 0.420. The van der Waals surface area contributed by atoms with Gasteiger partial charge in [-0.3, -0.25) is 9.79 Å². The van der Waals surface area contributed by atoms with Crippen LogP contribution in [0.25, 0.3) is 0 Å². The van der Waals surface area contributed by atoms with Crippen molar-refractivity contribution in [2.24, 2.45) is 22.7 Å². The molecule has 25 heavy (non-hydrogen) atoms. The number of ketones is 1. The lowest BCUT2D eigenvalue weighted by atomic mass is 9.89. The van der Waals surface area contributed by atoms with Crippen molar-refractivity contribution >= 4 is 11.5 Å². The minimum atomic E-state index is 0.0218. The summed E-state index contributed by atoms with van der Waals surface area (Å²) in [6.45, 7) is 21.0. The number of aliphatic imine (C=N–C) groups is 1. The Bertz CT molecular complexity index is 502. The van der Waals surface area contributed by atoms with Gasteiger partial charge in [0.15, 0.2) is 5.78 Å². The first-order valence-electron chi connectivity index (χ1n) is 9.67. The second-order valence-electron chi connectivity index (χ2n) is 7.83. The predicted octanol–water partition coefficient (Wildman–Crippen LogP) is 5.87. The van der Waals surface area contributed by atoms with Crippen LogP contribution in [0.2, 0.25) is 0 Å². The number of rotatable bonds is 11. The molecule has 0 spiro atoms. The van der Waals surface area contributed by atoms with E-state index in [2.05, 4.69) is 58.1 Å². The minimum Gasteiger partial charge on any atom is -0.375 e. The summed E-state index contributed by atoms with van der Waals surface area (Å²) in [5.41, 5.74) is 2.79. The van der Waals surface area contributed by atoms with Gasteiger partial charge >= 0.3 is 0 Å². The topological polar surface area (TPSA) is 32.7 Å². The van der Waals surface area contributed by atoms with Crippen molar-refractivity contribution in [3.8, 4) is 0 Å². The van der Waals surface area contributed by atoms with E-state index in [0.29, 0.717) is 29.5 Å². The Morgan fingerprint density at radius 3 is 2.16 bits per heavy atom. The fourth-order valence-electron chi connectivity index (χ4n) is 2.98. The van der Waals surface area contributed by atoms with Gasteiger partial charge in [0.2, 0.25) is 0 Å². The summed E-state index contributed by atoms with van der Waals surface area (Å²) < 4.78 is 0. The number of hydrogen-bond donors (Lipinski definition) is 0. The van der Waals surface area contributed by atoms with E-state index in [-0.39, 0.29) is 5.78 Å². The molecule has 0 aliphatic carbocycles. The van der Waals surface area contributed by atoms with Crippen LogP contribution in [0.15, 0.2) is 29.0 Å². The van der Waals surface area contributed by atoms with Gasteiger partial charge in [-0.15, -0.1) is 0 Å². The predicted molar refractivity (Wildman–Crippen MR) is 111 cm³/mol. The molecule has 3 atom stereocenters. The smallest absolute Gasteiger partial charge is 0.177 e. The summed E-state index contributed by atoms with van der Waals surface area (Å²) in [7, 11) is 2.17. The largest absolute Gasteiger partial charge is 0.375 e. The molecule has 0 aromatic carbocycles. The number of hydrogen-bond acceptors (Lipinski definition) is 3. The van der Waals surface area contributed by atoms with Crippen LogP contribution in [0.1, 0.15) is 74.7 Å². The average molecular weight is 349 g/mol. The van der Waals surface area contributed by atoms with Crippen LogP contribution in [0.5, 0.6) is 0 Å². The van der Waals surface area contributed by atoms with E-state index in [4.69, 9.17) is 0 Å². The van der Waals surface area contributed by atoms with Crippen molar-refractivity contribution in [2.45, 2.75) is 80.7 Å². The lowest BCUT2D eigenvalue weighted by Gasteiger charge is -2.37. The monoisotopic (exact) mass is 348 g/mol. The molecule has 0 amide bonds. The van der Waals surface area contributed by atoms with Gasteiger partial charge in [-0.2, -0.15) is 0 Å². The second kappa shape index (κ2) is 11.3. The normalized spacial score (nSPS) is 16.6. The van der Waals surface area contributed by atoms with Gasteiger partial charge in [0.25, 0.3) is 0 Å². The van der Waals surface area contributed by atoms with Crippen LogP contribution >= 0.6 is 0 Å². The third kappa shape index (κ3) is 8.02. The van der Waals surface area contributed by atoms with E-state index in [1.807, 2.05) is 13.8 Å². The van der Waals surface area contributed by atoms with Gasteiger partial charge in [-0.05, 0) is 44.4 Å². The molecule has 0 rings (SSSR count). The Kier molecular flexibility index (Phi) is 10.7. The Labute approximate surface area is 156 Å². The fourth-order valence-corrected chi connectivity index (χ4v) is 2.98. The van der Waals surface area contributed by atoms with Crippen molar-refractivity contribution < 1.29 is 4.79 Å². The summed E-state index contributed by atoms with van der Waals surface area (Å²) in [5, 5.41) is 0. The molecule has 0 N–H and O–H groups in total. The third-order valence-electron chi connectivity index (χ3n) is 5.29. The molecular formula is C22H40N2O. The fraction of sp³-hybridized carbons (Fsp3) is 0.727. The first kappa shape index (κ1) is 23.6. The second-order valence-corrected chi connectivity index (χ2v) is 7.83. The van der Waals surface area contributed by atoms with E-state index in [1.165, 1.54) is 12.1 Å². The highest BCUT2D eigenvalue weighted by atomic mass is 16.1. The van der Waals surface area contributed by atoms with Gasteiger partial charge in [-0.25, -0.2) is 0 Å². The molecule has 0 aromatic heterocycles. The first-order valence-corrected chi connectivity index (χ1v) is 9.67. The molecule has 3 unspecified atom stereocenters. The van der Waals surface area contributed by atoms with Crippen molar-refractivity contribution in [2.75, 3.05) is 7.05 Å². The molecular weight excluding hydrogens is 308 g/mol. The van der Waals surface area contributed by atoms with Crippen LogP contribution in [-0.2, 0) is 4.79 Å². The number of allylic oxidation sites excluding steroid dienone is 3. The van der Waals surface area contributed by atoms with Gasteiger partial charge in [0, 0.05) is 31.4 Å². The average Bonchev–Trinajstić information content (AvgIpc) is 2.55. The molecule has 144 valence electrons. The molecule has 0 radical (unpaired) electrons.